The Morgan fingerprint density at radius 2 is 1.97 bits per heavy atom. The number of nitrogens with one attached hydrogen (secondary N) is 1. The van der Waals surface area contributed by atoms with Gasteiger partial charge in [-0.2, -0.15) is 5.26 Å². The highest BCUT2D eigenvalue weighted by Gasteiger charge is 2.29. The summed E-state index contributed by atoms with van der Waals surface area (Å²) in [5, 5.41) is 22.0. The number of amides is 1. The van der Waals surface area contributed by atoms with Gasteiger partial charge in [0.1, 0.15) is 17.2 Å². The number of anilines is 1. The van der Waals surface area contributed by atoms with Gasteiger partial charge in [0.05, 0.1) is 18.2 Å². The van der Waals surface area contributed by atoms with Crippen LogP contribution in [0.2, 0.25) is 0 Å². The Bertz CT molecular complexity index is 1670. The fourth-order valence-corrected chi connectivity index (χ4v) is 4.75. The van der Waals surface area contributed by atoms with Gasteiger partial charge in [-0.05, 0) is 72.7 Å². The average molecular weight is 507 g/mol. The highest BCUT2D eigenvalue weighted by atomic mass is 16.3. The fourth-order valence-electron chi connectivity index (χ4n) is 4.75. The van der Waals surface area contributed by atoms with Crippen LogP contribution in [0, 0.1) is 11.3 Å². The molecule has 3 aromatic heterocycles. The molecule has 9 nitrogen and oxygen atoms in total. The quantitative estimate of drug-likeness (QED) is 0.388. The summed E-state index contributed by atoms with van der Waals surface area (Å²) < 4.78 is 3.44. The number of rotatable bonds is 7. The van der Waals surface area contributed by atoms with Gasteiger partial charge in [-0.25, -0.2) is 9.97 Å². The summed E-state index contributed by atoms with van der Waals surface area (Å²) in [6, 6.07) is 13.0. The second kappa shape index (κ2) is 9.39. The van der Waals surface area contributed by atoms with Crippen LogP contribution in [-0.4, -0.2) is 30.1 Å². The van der Waals surface area contributed by atoms with Crippen molar-refractivity contribution in [3.8, 4) is 28.6 Å². The Morgan fingerprint density at radius 3 is 2.63 bits per heavy atom. The zero-order valence-corrected chi connectivity index (χ0v) is 20.9. The van der Waals surface area contributed by atoms with Crippen molar-refractivity contribution in [1.29, 1.82) is 5.26 Å². The number of carbonyl (C=O) groups is 1. The maximum atomic E-state index is 13.3. The van der Waals surface area contributed by atoms with Crippen LogP contribution in [0.1, 0.15) is 64.8 Å². The number of carbonyl (C=O) groups excluding carboxylic acids is 1. The summed E-state index contributed by atoms with van der Waals surface area (Å²) in [5.74, 6) is 0.811. The van der Waals surface area contributed by atoms with E-state index in [9.17, 15) is 20.0 Å². The van der Waals surface area contributed by atoms with Crippen molar-refractivity contribution in [1.82, 2.24) is 19.1 Å². The van der Waals surface area contributed by atoms with E-state index in [1.807, 2.05) is 36.0 Å². The van der Waals surface area contributed by atoms with Crippen molar-refractivity contribution in [2.45, 2.75) is 44.2 Å². The monoisotopic (exact) mass is 506 g/mol. The molecule has 1 aromatic carbocycles. The van der Waals surface area contributed by atoms with Gasteiger partial charge in [0.25, 0.3) is 11.5 Å². The van der Waals surface area contributed by atoms with Crippen LogP contribution in [-0.2, 0) is 13.7 Å². The lowest BCUT2D eigenvalue weighted by molar-refractivity contribution is 0.102. The Hall–Kier alpha value is -4.55. The summed E-state index contributed by atoms with van der Waals surface area (Å²) in [7, 11) is 1.90. The number of aromatic nitrogens is 4. The molecule has 0 radical (unpaired) electrons. The molecule has 0 unspecified atom stereocenters. The number of aliphatic hydroxyl groups excluding tert-OH is 1. The Morgan fingerprint density at radius 1 is 1.16 bits per heavy atom. The SMILES string of the molecule is Cn1ccnc1-c1cc(C#N)ccc1-c1cc(NC(=O)c2cc(CO)cn(C3CC3)c2=O)nc(C2CC2)c1. The van der Waals surface area contributed by atoms with E-state index in [0.717, 1.165) is 48.1 Å². The molecule has 1 amide bonds. The van der Waals surface area contributed by atoms with Gasteiger partial charge in [-0.1, -0.05) is 6.07 Å². The van der Waals surface area contributed by atoms with Gasteiger partial charge < -0.3 is 19.6 Å². The topological polar surface area (TPSA) is 126 Å². The molecule has 38 heavy (non-hydrogen) atoms. The van der Waals surface area contributed by atoms with Gasteiger partial charge >= 0.3 is 0 Å². The fraction of sp³-hybridized carbons (Fsp3) is 0.276. The molecule has 0 aliphatic heterocycles. The number of aliphatic hydroxyl groups is 1. The summed E-state index contributed by atoms with van der Waals surface area (Å²) in [6.07, 6.45) is 9.00. The second-order valence-corrected chi connectivity index (χ2v) is 9.99. The average Bonchev–Trinajstić information content (AvgIpc) is 3.86. The van der Waals surface area contributed by atoms with Gasteiger partial charge in [0.2, 0.25) is 0 Å². The third-order valence-electron chi connectivity index (χ3n) is 7.07. The summed E-state index contributed by atoms with van der Waals surface area (Å²) >= 11 is 0. The van der Waals surface area contributed by atoms with Crippen LogP contribution in [0.3, 0.4) is 0 Å². The molecule has 2 aliphatic carbocycles. The summed E-state index contributed by atoms with van der Waals surface area (Å²) in [6.45, 7) is -0.262. The van der Waals surface area contributed by atoms with E-state index in [-0.39, 0.29) is 23.8 Å². The molecule has 0 saturated heterocycles. The van der Waals surface area contributed by atoms with Crippen LogP contribution in [0.5, 0.6) is 0 Å². The highest BCUT2D eigenvalue weighted by Crippen LogP contribution is 2.42. The lowest BCUT2D eigenvalue weighted by Crippen LogP contribution is -2.29. The molecule has 2 fully saturated rings. The van der Waals surface area contributed by atoms with Gasteiger partial charge in [0, 0.05) is 48.9 Å². The zero-order chi connectivity index (χ0) is 26.4. The van der Waals surface area contributed by atoms with E-state index in [2.05, 4.69) is 16.4 Å². The lowest BCUT2D eigenvalue weighted by Gasteiger charge is -2.14. The normalized spacial score (nSPS) is 14.8. The number of aryl methyl sites for hydroxylation is 1. The number of hydrogen-bond donors (Lipinski definition) is 2. The van der Waals surface area contributed by atoms with E-state index in [1.54, 1.807) is 29.1 Å². The molecule has 0 atom stereocenters. The first-order valence-corrected chi connectivity index (χ1v) is 12.7. The van der Waals surface area contributed by atoms with Gasteiger partial charge in [-0.15, -0.1) is 0 Å². The molecule has 2 aliphatic rings. The summed E-state index contributed by atoms with van der Waals surface area (Å²) in [4.78, 5) is 35.6. The molecule has 190 valence electrons. The van der Waals surface area contributed by atoms with Crippen molar-refractivity contribution in [3.05, 3.63) is 87.7 Å². The van der Waals surface area contributed by atoms with Crippen LogP contribution < -0.4 is 10.9 Å². The van der Waals surface area contributed by atoms with E-state index in [0.29, 0.717) is 28.7 Å². The number of nitriles is 1. The Kier molecular flexibility index (Phi) is 5.89. The minimum atomic E-state index is -0.560. The first-order valence-electron chi connectivity index (χ1n) is 12.7. The highest BCUT2D eigenvalue weighted by molar-refractivity contribution is 6.04. The number of pyridine rings is 2. The van der Waals surface area contributed by atoms with Crippen molar-refractivity contribution < 1.29 is 9.90 Å². The Labute approximate surface area is 219 Å². The van der Waals surface area contributed by atoms with E-state index < -0.39 is 5.91 Å². The predicted octanol–water partition coefficient (Wildman–Crippen LogP) is 4.14. The molecular weight excluding hydrogens is 480 g/mol. The van der Waals surface area contributed by atoms with Crippen molar-refractivity contribution in [2.75, 3.05) is 5.32 Å². The largest absolute Gasteiger partial charge is 0.392 e. The maximum absolute atomic E-state index is 13.3. The van der Waals surface area contributed by atoms with Crippen LogP contribution in [0.25, 0.3) is 22.5 Å². The molecule has 2 N–H and O–H groups in total. The molecule has 4 aromatic rings. The molecule has 9 heteroatoms. The second-order valence-electron chi connectivity index (χ2n) is 9.99. The van der Waals surface area contributed by atoms with E-state index in [4.69, 9.17) is 4.98 Å². The van der Waals surface area contributed by atoms with E-state index in [1.165, 1.54) is 6.07 Å². The van der Waals surface area contributed by atoms with Crippen molar-refractivity contribution >= 4 is 11.7 Å². The molecule has 0 bridgehead atoms. The van der Waals surface area contributed by atoms with Gasteiger partial charge in [-0.3, -0.25) is 9.59 Å². The van der Waals surface area contributed by atoms with Crippen molar-refractivity contribution in [2.24, 2.45) is 7.05 Å². The Balaban J connectivity index is 1.42. The number of imidazole rings is 1. The standard InChI is InChI=1S/C29H26N6O3/c1-34-9-8-31-27(34)23-10-17(14-30)2-7-22(23)20-12-25(19-3-4-19)32-26(13-20)33-28(37)24-11-18(16-36)15-35(29(24)38)21-5-6-21/h2,7-13,15,19,21,36H,3-6,16H2,1H3,(H,32,33,37). The molecule has 2 saturated carbocycles. The van der Waals surface area contributed by atoms with E-state index >= 15 is 0 Å². The zero-order valence-electron chi connectivity index (χ0n) is 20.9. The lowest BCUT2D eigenvalue weighted by atomic mass is 9.96. The number of nitrogens with zero attached hydrogens (tertiary/aromatic N) is 5. The maximum Gasteiger partial charge on any atom is 0.263 e. The molecule has 6 rings (SSSR count). The number of hydrogen-bond acceptors (Lipinski definition) is 6. The third-order valence-corrected chi connectivity index (χ3v) is 7.07. The smallest absolute Gasteiger partial charge is 0.263 e. The first kappa shape index (κ1) is 23.8. The molecule has 3 heterocycles. The van der Waals surface area contributed by atoms with Crippen LogP contribution in [0.4, 0.5) is 5.82 Å². The minimum absolute atomic E-state index is 0.0179. The number of benzene rings is 1. The van der Waals surface area contributed by atoms with Gasteiger partial charge in [0.15, 0.2) is 0 Å². The van der Waals surface area contributed by atoms with Crippen LogP contribution in [0.15, 0.2) is 59.8 Å². The van der Waals surface area contributed by atoms with Crippen molar-refractivity contribution in [3.63, 3.8) is 0 Å². The molecular formula is C29H26N6O3. The summed E-state index contributed by atoms with van der Waals surface area (Å²) in [5.41, 5.74) is 4.00. The third kappa shape index (κ3) is 4.51. The van der Waals surface area contributed by atoms with Crippen LogP contribution >= 0.6 is 0 Å². The predicted molar refractivity (Wildman–Crippen MR) is 141 cm³/mol. The first-order chi connectivity index (χ1) is 18.4. The minimum Gasteiger partial charge on any atom is -0.392 e. The molecule has 0 spiro atoms.